The molecule has 0 aromatic heterocycles. The molecule has 1 amide bonds. The van der Waals surface area contributed by atoms with Crippen LogP contribution >= 0.6 is 0 Å². The number of benzene rings is 1. The van der Waals surface area contributed by atoms with E-state index in [-0.39, 0.29) is 6.42 Å². The molecule has 0 heterocycles. The van der Waals surface area contributed by atoms with Crippen LogP contribution in [0.3, 0.4) is 0 Å². The Hall–Kier alpha value is -1.49. The smallest absolute Gasteiger partial charge is 0.287 e. The molecular weight excluding hydrogens is 240 g/mol. The highest BCUT2D eigenvalue weighted by Crippen LogP contribution is 2.10. The lowest BCUT2D eigenvalue weighted by Crippen LogP contribution is -2.39. The monoisotopic (exact) mass is 257 g/mol. The standard InChI is InChI=1S/C13H17F2NO2/c1-10-3-2-4-11(7-10)5-6-12(18)16-8-13(14,15)9-17/h2-4,7,17H,5-6,8-9H2,1H3,(H,16,18). The minimum atomic E-state index is -3.25. The van der Waals surface area contributed by atoms with Crippen LogP contribution in [0.5, 0.6) is 0 Å². The third-order valence-electron chi connectivity index (χ3n) is 2.50. The van der Waals surface area contributed by atoms with E-state index in [0.29, 0.717) is 6.42 Å². The van der Waals surface area contributed by atoms with Crippen molar-refractivity contribution in [3.63, 3.8) is 0 Å². The lowest BCUT2D eigenvalue weighted by molar-refractivity contribution is -0.124. The Bertz CT molecular complexity index is 408. The third kappa shape index (κ3) is 5.23. The molecule has 1 aromatic carbocycles. The number of aryl methyl sites for hydroxylation is 2. The SMILES string of the molecule is Cc1cccc(CCC(=O)NCC(F)(F)CO)c1. The van der Waals surface area contributed by atoms with Crippen molar-refractivity contribution in [3.05, 3.63) is 35.4 Å². The number of aliphatic hydroxyl groups is 1. The van der Waals surface area contributed by atoms with Gasteiger partial charge in [0.15, 0.2) is 0 Å². The molecule has 0 bridgehead atoms. The van der Waals surface area contributed by atoms with Gasteiger partial charge in [-0.2, -0.15) is 0 Å². The predicted molar refractivity (Wildman–Crippen MR) is 64.5 cm³/mol. The van der Waals surface area contributed by atoms with Gasteiger partial charge < -0.3 is 10.4 Å². The number of carbonyl (C=O) groups excluding carboxylic acids is 1. The summed E-state index contributed by atoms with van der Waals surface area (Å²) in [5, 5.41) is 10.5. The van der Waals surface area contributed by atoms with E-state index < -0.39 is 25.0 Å². The minimum Gasteiger partial charge on any atom is -0.390 e. The van der Waals surface area contributed by atoms with E-state index in [1.165, 1.54) is 0 Å². The van der Waals surface area contributed by atoms with Crippen LogP contribution in [-0.4, -0.2) is 30.1 Å². The molecule has 18 heavy (non-hydrogen) atoms. The molecular formula is C13H17F2NO2. The molecule has 100 valence electrons. The van der Waals surface area contributed by atoms with Gasteiger partial charge >= 0.3 is 0 Å². The van der Waals surface area contributed by atoms with Crippen molar-refractivity contribution in [2.75, 3.05) is 13.2 Å². The van der Waals surface area contributed by atoms with Crippen LogP contribution in [0.1, 0.15) is 17.5 Å². The van der Waals surface area contributed by atoms with Crippen LogP contribution < -0.4 is 5.32 Å². The van der Waals surface area contributed by atoms with E-state index in [9.17, 15) is 13.6 Å². The van der Waals surface area contributed by atoms with Crippen molar-refractivity contribution < 1.29 is 18.7 Å². The molecule has 0 saturated carbocycles. The quantitative estimate of drug-likeness (QED) is 0.814. The fraction of sp³-hybridized carbons (Fsp3) is 0.462. The largest absolute Gasteiger partial charge is 0.390 e. The van der Waals surface area contributed by atoms with E-state index >= 15 is 0 Å². The van der Waals surface area contributed by atoms with Gasteiger partial charge in [-0.15, -0.1) is 0 Å². The summed E-state index contributed by atoms with van der Waals surface area (Å²) in [5.74, 6) is -3.69. The third-order valence-corrected chi connectivity index (χ3v) is 2.50. The number of carbonyl (C=O) groups is 1. The van der Waals surface area contributed by atoms with E-state index in [4.69, 9.17) is 5.11 Å². The van der Waals surface area contributed by atoms with E-state index in [0.717, 1.165) is 11.1 Å². The number of nitrogens with one attached hydrogen (secondary N) is 1. The number of aliphatic hydroxyl groups excluding tert-OH is 1. The first-order chi connectivity index (χ1) is 8.43. The Balaban J connectivity index is 2.34. The number of amides is 1. The molecule has 0 fully saturated rings. The van der Waals surface area contributed by atoms with Gasteiger partial charge in [0, 0.05) is 6.42 Å². The average Bonchev–Trinajstić information content (AvgIpc) is 2.34. The van der Waals surface area contributed by atoms with Crippen LogP contribution in [0.25, 0.3) is 0 Å². The second kappa shape index (κ2) is 6.44. The van der Waals surface area contributed by atoms with Gasteiger partial charge in [-0.1, -0.05) is 29.8 Å². The van der Waals surface area contributed by atoms with Crippen molar-refractivity contribution in [1.29, 1.82) is 0 Å². The van der Waals surface area contributed by atoms with Gasteiger partial charge in [0.05, 0.1) is 6.54 Å². The Morgan fingerprint density at radius 2 is 2.17 bits per heavy atom. The van der Waals surface area contributed by atoms with Gasteiger partial charge in [-0.05, 0) is 18.9 Å². The molecule has 1 aromatic rings. The number of rotatable bonds is 6. The van der Waals surface area contributed by atoms with Crippen LogP contribution in [0.2, 0.25) is 0 Å². The predicted octanol–water partition coefficient (Wildman–Crippen LogP) is 1.67. The van der Waals surface area contributed by atoms with Crippen molar-refractivity contribution in [2.24, 2.45) is 0 Å². The summed E-state index contributed by atoms with van der Waals surface area (Å²) in [6.07, 6.45) is 0.670. The van der Waals surface area contributed by atoms with Gasteiger partial charge in [-0.25, -0.2) is 8.78 Å². The lowest BCUT2D eigenvalue weighted by atomic mass is 10.1. The fourth-order valence-corrected chi connectivity index (χ4v) is 1.50. The van der Waals surface area contributed by atoms with Gasteiger partial charge in [0.1, 0.15) is 6.61 Å². The second-order valence-electron chi connectivity index (χ2n) is 4.28. The Morgan fingerprint density at radius 3 is 2.78 bits per heavy atom. The van der Waals surface area contributed by atoms with Crippen molar-refractivity contribution >= 4 is 5.91 Å². The van der Waals surface area contributed by atoms with E-state index in [1.54, 1.807) is 0 Å². The topological polar surface area (TPSA) is 49.3 Å². The fourth-order valence-electron chi connectivity index (χ4n) is 1.50. The molecule has 0 unspecified atom stereocenters. The van der Waals surface area contributed by atoms with Crippen molar-refractivity contribution in [3.8, 4) is 0 Å². The van der Waals surface area contributed by atoms with Crippen LogP contribution in [0.4, 0.5) is 8.78 Å². The average molecular weight is 257 g/mol. The first kappa shape index (κ1) is 14.6. The van der Waals surface area contributed by atoms with Crippen LogP contribution in [0.15, 0.2) is 24.3 Å². The molecule has 0 atom stereocenters. The van der Waals surface area contributed by atoms with Gasteiger partial charge in [-0.3, -0.25) is 4.79 Å². The van der Waals surface area contributed by atoms with Gasteiger partial charge in [0.2, 0.25) is 5.91 Å². The zero-order valence-corrected chi connectivity index (χ0v) is 10.2. The number of hydrogen-bond donors (Lipinski definition) is 2. The number of halogens is 2. The molecule has 0 aliphatic heterocycles. The zero-order valence-electron chi connectivity index (χ0n) is 10.2. The maximum Gasteiger partial charge on any atom is 0.287 e. The van der Waals surface area contributed by atoms with Crippen LogP contribution in [0, 0.1) is 6.92 Å². The summed E-state index contributed by atoms with van der Waals surface area (Å²) < 4.78 is 25.3. The minimum absolute atomic E-state index is 0.158. The number of alkyl halides is 2. The molecule has 0 aliphatic rings. The summed E-state index contributed by atoms with van der Waals surface area (Å²) in [5.41, 5.74) is 2.10. The lowest BCUT2D eigenvalue weighted by Gasteiger charge is -2.13. The first-order valence-corrected chi connectivity index (χ1v) is 5.74. The Labute approximate surface area is 105 Å². The van der Waals surface area contributed by atoms with E-state index in [1.807, 2.05) is 31.2 Å². The maximum atomic E-state index is 12.7. The highest BCUT2D eigenvalue weighted by Gasteiger charge is 2.27. The molecule has 0 saturated heterocycles. The van der Waals surface area contributed by atoms with Crippen LogP contribution in [-0.2, 0) is 11.2 Å². The Morgan fingerprint density at radius 1 is 1.44 bits per heavy atom. The first-order valence-electron chi connectivity index (χ1n) is 5.74. The summed E-state index contributed by atoms with van der Waals surface area (Å²) in [6.45, 7) is -0.132. The highest BCUT2D eigenvalue weighted by atomic mass is 19.3. The summed E-state index contributed by atoms with van der Waals surface area (Å²) in [6, 6.07) is 7.69. The molecule has 3 nitrogen and oxygen atoms in total. The van der Waals surface area contributed by atoms with Crippen molar-refractivity contribution in [2.45, 2.75) is 25.7 Å². The second-order valence-corrected chi connectivity index (χ2v) is 4.28. The van der Waals surface area contributed by atoms with E-state index in [2.05, 4.69) is 5.32 Å². The molecule has 0 spiro atoms. The number of hydrogen-bond acceptors (Lipinski definition) is 2. The molecule has 0 aliphatic carbocycles. The zero-order chi connectivity index (χ0) is 13.6. The molecule has 5 heteroatoms. The summed E-state index contributed by atoms with van der Waals surface area (Å²) in [7, 11) is 0. The summed E-state index contributed by atoms with van der Waals surface area (Å²) >= 11 is 0. The van der Waals surface area contributed by atoms with Gasteiger partial charge in [0.25, 0.3) is 5.92 Å². The molecule has 0 radical (unpaired) electrons. The molecule has 2 N–H and O–H groups in total. The summed E-state index contributed by atoms with van der Waals surface area (Å²) in [4.78, 5) is 11.3. The highest BCUT2D eigenvalue weighted by molar-refractivity contribution is 5.76. The maximum absolute atomic E-state index is 12.7. The Kier molecular flexibility index (Phi) is 5.22. The molecule has 1 rings (SSSR count). The van der Waals surface area contributed by atoms with Crippen molar-refractivity contribution in [1.82, 2.24) is 5.32 Å². The normalized spacial score (nSPS) is 11.3.